The number of carbonyl (C=O) groups is 2. The molecule has 2 aromatic carbocycles. The van der Waals surface area contributed by atoms with Crippen molar-refractivity contribution in [1.82, 2.24) is 0 Å². The van der Waals surface area contributed by atoms with Crippen molar-refractivity contribution in [2.75, 3.05) is 5.32 Å². The standard InChI is InChI=1S/C16H15ClN2O2/c17-14-4-2-1-3-12(14)10-16(21)19-13-7-5-11(6-8-13)9-15(18)20/h1-8H,9-10H2,(H2,18,20)(H,19,21). The first-order valence-corrected chi connectivity index (χ1v) is 6.83. The van der Waals surface area contributed by atoms with Gasteiger partial charge in [-0.25, -0.2) is 0 Å². The quantitative estimate of drug-likeness (QED) is 0.891. The highest BCUT2D eigenvalue weighted by molar-refractivity contribution is 6.31. The Hall–Kier alpha value is -2.33. The summed E-state index contributed by atoms with van der Waals surface area (Å²) >= 11 is 6.02. The predicted octanol–water partition coefficient (Wildman–Crippen LogP) is 2.55. The number of hydrogen-bond donors (Lipinski definition) is 2. The van der Waals surface area contributed by atoms with Crippen LogP contribution >= 0.6 is 11.6 Å². The van der Waals surface area contributed by atoms with Crippen LogP contribution in [0.5, 0.6) is 0 Å². The summed E-state index contributed by atoms with van der Waals surface area (Å²) in [7, 11) is 0. The predicted molar refractivity (Wildman–Crippen MR) is 83.1 cm³/mol. The van der Waals surface area contributed by atoms with Gasteiger partial charge in [0, 0.05) is 10.7 Å². The lowest BCUT2D eigenvalue weighted by Gasteiger charge is -2.07. The van der Waals surface area contributed by atoms with E-state index in [9.17, 15) is 9.59 Å². The number of anilines is 1. The lowest BCUT2D eigenvalue weighted by Crippen LogP contribution is -2.15. The SMILES string of the molecule is NC(=O)Cc1ccc(NC(=O)Cc2ccccc2Cl)cc1. The van der Waals surface area contributed by atoms with Crippen LogP contribution < -0.4 is 11.1 Å². The van der Waals surface area contributed by atoms with Crippen LogP contribution in [-0.2, 0) is 22.4 Å². The second-order valence-corrected chi connectivity index (χ2v) is 5.06. The molecule has 0 bridgehead atoms. The van der Waals surface area contributed by atoms with Crippen LogP contribution in [0.2, 0.25) is 5.02 Å². The van der Waals surface area contributed by atoms with E-state index < -0.39 is 0 Å². The number of benzene rings is 2. The maximum Gasteiger partial charge on any atom is 0.228 e. The van der Waals surface area contributed by atoms with E-state index in [0.717, 1.165) is 11.1 Å². The van der Waals surface area contributed by atoms with E-state index in [1.54, 1.807) is 30.3 Å². The van der Waals surface area contributed by atoms with Gasteiger partial charge in [0.05, 0.1) is 12.8 Å². The maximum atomic E-state index is 12.0. The molecule has 0 heterocycles. The topological polar surface area (TPSA) is 72.2 Å². The number of carbonyl (C=O) groups excluding carboxylic acids is 2. The number of halogens is 1. The third-order valence-electron chi connectivity index (χ3n) is 2.92. The van der Waals surface area contributed by atoms with Crippen LogP contribution in [0.1, 0.15) is 11.1 Å². The summed E-state index contributed by atoms with van der Waals surface area (Å²) in [6.45, 7) is 0. The molecule has 0 fully saturated rings. The molecule has 3 N–H and O–H groups in total. The molecule has 0 aliphatic rings. The van der Waals surface area contributed by atoms with Gasteiger partial charge in [0.1, 0.15) is 0 Å². The van der Waals surface area contributed by atoms with Crippen molar-refractivity contribution in [2.45, 2.75) is 12.8 Å². The summed E-state index contributed by atoms with van der Waals surface area (Å²) in [6, 6.07) is 14.2. The van der Waals surface area contributed by atoms with E-state index in [4.69, 9.17) is 17.3 Å². The van der Waals surface area contributed by atoms with E-state index in [0.29, 0.717) is 10.7 Å². The molecule has 0 aliphatic carbocycles. The molecule has 5 heteroatoms. The number of rotatable bonds is 5. The molecule has 0 unspecified atom stereocenters. The molecule has 2 aromatic rings. The Kier molecular flexibility index (Phi) is 4.95. The zero-order valence-corrected chi connectivity index (χ0v) is 12.1. The fraction of sp³-hybridized carbons (Fsp3) is 0.125. The first-order valence-electron chi connectivity index (χ1n) is 6.45. The number of nitrogens with one attached hydrogen (secondary N) is 1. The van der Waals surface area contributed by atoms with Gasteiger partial charge in [0.2, 0.25) is 11.8 Å². The molecular formula is C16H15ClN2O2. The average Bonchev–Trinajstić information content (AvgIpc) is 2.43. The normalized spacial score (nSPS) is 10.1. The molecule has 0 radical (unpaired) electrons. The number of primary amides is 1. The van der Waals surface area contributed by atoms with Crippen molar-refractivity contribution < 1.29 is 9.59 Å². The Morgan fingerprint density at radius 1 is 1.00 bits per heavy atom. The van der Waals surface area contributed by atoms with Crippen molar-refractivity contribution >= 4 is 29.1 Å². The first-order chi connectivity index (χ1) is 10.0. The van der Waals surface area contributed by atoms with Gasteiger partial charge in [0.15, 0.2) is 0 Å². The molecule has 2 rings (SSSR count). The molecule has 0 spiro atoms. The molecule has 0 aliphatic heterocycles. The van der Waals surface area contributed by atoms with E-state index >= 15 is 0 Å². The van der Waals surface area contributed by atoms with Crippen molar-refractivity contribution in [2.24, 2.45) is 5.73 Å². The Balaban J connectivity index is 1.96. The molecule has 21 heavy (non-hydrogen) atoms. The number of nitrogens with two attached hydrogens (primary N) is 1. The van der Waals surface area contributed by atoms with Gasteiger partial charge in [-0.3, -0.25) is 9.59 Å². The van der Waals surface area contributed by atoms with Gasteiger partial charge in [0.25, 0.3) is 0 Å². The summed E-state index contributed by atoms with van der Waals surface area (Å²) in [6.07, 6.45) is 0.399. The fourth-order valence-corrected chi connectivity index (χ4v) is 2.13. The highest BCUT2D eigenvalue weighted by atomic mass is 35.5. The maximum absolute atomic E-state index is 12.0. The molecule has 2 amide bonds. The number of hydrogen-bond acceptors (Lipinski definition) is 2. The van der Waals surface area contributed by atoms with Gasteiger partial charge in [-0.05, 0) is 29.3 Å². The van der Waals surface area contributed by atoms with Gasteiger partial charge in [-0.15, -0.1) is 0 Å². The van der Waals surface area contributed by atoms with Crippen LogP contribution in [0.25, 0.3) is 0 Å². The zero-order chi connectivity index (χ0) is 15.2. The van der Waals surface area contributed by atoms with Gasteiger partial charge >= 0.3 is 0 Å². The molecule has 0 aromatic heterocycles. The van der Waals surface area contributed by atoms with Gasteiger partial charge in [-0.1, -0.05) is 41.9 Å². The molecule has 108 valence electrons. The minimum atomic E-state index is -0.384. The lowest BCUT2D eigenvalue weighted by atomic mass is 10.1. The molecule has 0 saturated heterocycles. The summed E-state index contributed by atoms with van der Waals surface area (Å²) < 4.78 is 0. The monoisotopic (exact) mass is 302 g/mol. The van der Waals surface area contributed by atoms with Crippen molar-refractivity contribution in [3.63, 3.8) is 0 Å². The van der Waals surface area contributed by atoms with E-state index in [-0.39, 0.29) is 24.7 Å². The fourth-order valence-electron chi connectivity index (χ4n) is 1.93. The number of amides is 2. The van der Waals surface area contributed by atoms with Crippen LogP contribution in [0.4, 0.5) is 5.69 Å². The third kappa shape index (κ3) is 4.61. The molecule has 0 atom stereocenters. The van der Waals surface area contributed by atoms with Crippen LogP contribution in [-0.4, -0.2) is 11.8 Å². The van der Waals surface area contributed by atoms with Gasteiger partial charge < -0.3 is 11.1 Å². The summed E-state index contributed by atoms with van der Waals surface area (Å²) in [5.74, 6) is -0.531. The highest BCUT2D eigenvalue weighted by Gasteiger charge is 2.07. The molecule has 4 nitrogen and oxygen atoms in total. The second-order valence-electron chi connectivity index (χ2n) is 4.66. The van der Waals surface area contributed by atoms with Crippen LogP contribution in [0, 0.1) is 0 Å². The zero-order valence-electron chi connectivity index (χ0n) is 11.3. The Bertz CT molecular complexity index is 654. The average molecular weight is 303 g/mol. The second kappa shape index (κ2) is 6.90. The summed E-state index contributed by atoms with van der Waals surface area (Å²) in [5.41, 5.74) is 7.38. The highest BCUT2D eigenvalue weighted by Crippen LogP contribution is 2.16. The smallest absolute Gasteiger partial charge is 0.228 e. The van der Waals surface area contributed by atoms with E-state index in [1.165, 1.54) is 0 Å². The van der Waals surface area contributed by atoms with Gasteiger partial charge in [-0.2, -0.15) is 0 Å². The van der Waals surface area contributed by atoms with E-state index in [2.05, 4.69) is 5.32 Å². The van der Waals surface area contributed by atoms with Crippen molar-refractivity contribution in [1.29, 1.82) is 0 Å². The Morgan fingerprint density at radius 2 is 1.67 bits per heavy atom. The minimum Gasteiger partial charge on any atom is -0.369 e. The third-order valence-corrected chi connectivity index (χ3v) is 3.29. The van der Waals surface area contributed by atoms with E-state index in [1.807, 2.05) is 18.2 Å². The van der Waals surface area contributed by atoms with Crippen LogP contribution in [0.3, 0.4) is 0 Å². The van der Waals surface area contributed by atoms with Crippen molar-refractivity contribution in [3.05, 3.63) is 64.7 Å². The molecule has 0 saturated carbocycles. The first kappa shape index (κ1) is 15.1. The summed E-state index contributed by atoms with van der Waals surface area (Å²) in [4.78, 5) is 22.8. The van der Waals surface area contributed by atoms with Crippen LogP contribution in [0.15, 0.2) is 48.5 Å². The lowest BCUT2D eigenvalue weighted by molar-refractivity contribution is -0.117. The minimum absolute atomic E-state index is 0.147. The largest absolute Gasteiger partial charge is 0.369 e. The summed E-state index contributed by atoms with van der Waals surface area (Å²) in [5, 5.41) is 3.36. The molecular weight excluding hydrogens is 288 g/mol. The Labute approximate surface area is 127 Å². The Morgan fingerprint density at radius 3 is 2.29 bits per heavy atom. The van der Waals surface area contributed by atoms with Crippen molar-refractivity contribution in [3.8, 4) is 0 Å².